The van der Waals surface area contributed by atoms with E-state index in [0.29, 0.717) is 16.9 Å². The van der Waals surface area contributed by atoms with Gasteiger partial charge in [-0.25, -0.2) is 14.6 Å². The second kappa shape index (κ2) is 10.3. The molecule has 0 atom stereocenters. The number of amides is 1. The van der Waals surface area contributed by atoms with Crippen LogP contribution in [0.1, 0.15) is 68.6 Å². The van der Waals surface area contributed by atoms with E-state index in [1.807, 2.05) is 70.2 Å². The molecule has 3 aromatic carbocycles. The van der Waals surface area contributed by atoms with Crippen LogP contribution in [0.25, 0.3) is 22.4 Å². The van der Waals surface area contributed by atoms with Crippen molar-refractivity contribution in [1.82, 2.24) is 15.0 Å². The van der Waals surface area contributed by atoms with Crippen LogP contribution >= 0.6 is 0 Å². The summed E-state index contributed by atoms with van der Waals surface area (Å²) in [5.74, 6) is 0.0562. The highest BCUT2D eigenvalue weighted by molar-refractivity contribution is 5.92. The number of aryl methyl sites for hydroxylation is 1. The van der Waals surface area contributed by atoms with Crippen molar-refractivity contribution in [1.29, 1.82) is 0 Å². The molecule has 0 aliphatic carbocycles. The lowest BCUT2D eigenvalue weighted by Gasteiger charge is -2.19. The van der Waals surface area contributed by atoms with E-state index in [0.717, 1.165) is 22.2 Å². The minimum absolute atomic E-state index is 0.0250. The summed E-state index contributed by atoms with van der Waals surface area (Å²) < 4.78 is 6.78. The third kappa shape index (κ3) is 6.22. The molecule has 4 aromatic rings. The van der Waals surface area contributed by atoms with Crippen LogP contribution in [-0.4, -0.2) is 27.4 Å². The molecule has 7 nitrogen and oxygen atoms in total. The number of fused-ring (bicyclic) bond motifs is 1. The van der Waals surface area contributed by atoms with Crippen LogP contribution in [0, 0.1) is 6.92 Å². The first-order chi connectivity index (χ1) is 17.8. The monoisotopic (exact) mass is 513 g/mol. The number of ether oxygens (including phenoxy) is 1. The van der Waals surface area contributed by atoms with Crippen LogP contribution in [-0.2, 0) is 16.7 Å². The van der Waals surface area contributed by atoms with Crippen molar-refractivity contribution < 1.29 is 19.2 Å². The Hall–Kier alpha value is -4.13. The van der Waals surface area contributed by atoms with Gasteiger partial charge in [-0.3, -0.25) is 0 Å². The maximum Gasteiger partial charge on any atom is 0.407 e. The lowest BCUT2D eigenvalue weighted by atomic mass is 9.87. The van der Waals surface area contributed by atoms with Gasteiger partial charge in [0.25, 0.3) is 0 Å². The average Bonchev–Trinajstić information content (AvgIpc) is 3.19. The topological polar surface area (TPSA) is 82.5 Å². The Labute approximate surface area is 223 Å². The molecule has 0 aliphatic rings. The quantitative estimate of drug-likeness (QED) is 0.325. The maximum absolute atomic E-state index is 13.3. The molecule has 38 heavy (non-hydrogen) atoms. The third-order valence-electron chi connectivity index (χ3n) is 6.05. The molecule has 1 heterocycles. The minimum Gasteiger partial charge on any atom is -0.444 e. The van der Waals surface area contributed by atoms with Crippen molar-refractivity contribution in [3.63, 3.8) is 0 Å². The highest BCUT2D eigenvalue weighted by atomic mass is 16.7. The summed E-state index contributed by atoms with van der Waals surface area (Å²) in [5.41, 5.74) is 4.95. The summed E-state index contributed by atoms with van der Waals surface area (Å²) in [4.78, 5) is 36.0. The highest BCUT2D eigenvalue weighted by Gasteiger charge is 2.21. The zero-order valence-corrected chi connectivity index (χ0v) is 23.1. The Morgan fingerprint density at radius 3 is 2.24 bits per heavy atom. The molecular formula is C31H35N3O4. The van der Waals surface area contributed by atoms with Gasteiger partial charge in [0, 0.05) is 12.1 Å². The van der Waals surface area contributed by atoms with Crippen molar-refractivity contribution in [3.05, 3.63) is 89.0 Å². The van der Waals surface area contributed by atoms with Crippen molar-refractivity contribution >= 4 is 23.1 Å². The molecule has 1 aromatic heterocycles. The number of nitrogens with zero attached hydrogens (tertiary/aromatic N) is 2. The van der Waals surface area contributed by atoms with Gasteiger partial charge in [-0.2, -0.15) is 4.73 Å². The van der Waals surface area contributed by atoms with E-state index < -0.39 is 17.7 Å². The number of carbonyl (C=O) groups excluding carboxylic acids is 2. The summed E-state index contributed by atoms with van der Waals surface area (Å²) in [5, 5.41) is 2.74. The summed E-state index contributed by atoms with van der Waals surface area (Å²) in [7, 11) is 0. The molecule has 7 heteroatoms. The van der Waals surface area contributed by atoms with E-state index in [4.69, 9.17) is 14.6 Å². The van der Waals surface area contributed by atoms with Crippen LogP contribution in [0.5, 0.6) is 0 Å². The summed E-state index contributed by atoms with van der Waals surface area (Å²) in [6.45, 7) is 14.1. The van der Waals surface area contributed by atoms with Gasteiger partial charge in [0.15, 0.2) is 5.82 Å². The molecular weight excluding hydrogens is 478 g/mol. The lowest BCUT2D eigenvalue weighted by Crippen LogP contribution is -2.32. The number of rotatable bonds is 5. The van der Waals surface area contributed by atoms with Crippen molar-refractivity contribution in [3.8, 4) is 11.4 Å². The van der Waals surface area contributed by atoms with Crippen molar-refractivity contribution in [2.24, 2.45) is 0 Å². The van der Waals surface area contributed by atoms with Gasteiger partial charge in [-0.1, -0.05) is 69.3 Å². The smallest absolute Gasteiger partial charge is 0.407 e. The zero-order valence-electron chi connectivity index (χ0n) is 23.1. The molecule has 0 aliphatic heterocycles. The first-order valence-corrected chi connectivity index (χ1v) is 12.7. The van der Waals surface area contributed by atoms with Crippen LogP contribution < -0.4 is 10.2 Å². The van der Waals surface area contributed by atoms with E-state index in [-0.39, 0.29) is 12.0 Å². The maximum atomic E-state index is 13.3. The molecule has 1 amide bonds. The van der Waals surface area contributed by atoms with Crippen molar-refractivity contribution in [2.45, 2.75) is 66.0 Å². The summed E-state index contributed by atoms with van der Waals surface area (Å²) in [6, 6.07) is 21.1. The van der Waals surface area contributed by atoms with Crippen LogP contribution in [0.2, 0.25) is 0 Å². The molecule has 198 valence electrons. The predicted molar refractivity (Wildman–Crippen MR) is 149 cm³/mol. The number of hydrogen-bond acceptors (Lipinski definition) is 5. The number of benzene rings is 3. The predicted octanol–water partition coefficient (Wildman–Crippen LogP) is 6.60. The second-order valence-corrected chi connectivity index (χ2v) is 11.4. The number of aromatic nitrogens is 2. The van der Waals surface area contributed by atoms with Gasteiger partial charge in [0.05, 0.1) is 11.1 Å². The average molecular weight is 514 g/mol. The lowest BCUT2D eigenvalue weighted by molar-refractivity contribution is 0.0483. The van der Waals surface area contributed by atoms with E-state index in [2.05, 4.69) is 38.2 Å². The summed E-state index contributed by atoms with van der Waals surface area (Å²) in [6.07, 6.45) is -0.492. The molecule has 0 fully saturated rings. The molecule has 0 radical (unpaired) electrons. The van der Waals surface area contributed by atoms with Crippen molar-refractivity contribution in [2.75, 3.05) is 0 Å². The van der Waals surface area contributed by atoms with Gasteiger partial charge < -0.3 is 14.9 Å². The highest BCUT2D eigenvalue weighted by Crippen LogP contribution is 2.28. The Kier molecular flexibility index (Phi) is 7.31. The fourth-order valence-corrected chi connectivity index (χ4v) is 4.08. The van der Waals surface area contributed by atoms with E-state index in [9.17, 15) is 9.59 Å². The zero-order chi connectivity index (χ0) is 27.7. The Morgan fingerprint density at radius 1 is 0.921 bits per heavy atom. The van der Waals surface area contributed by atoms with E-state index >= 15 is 0 Å². The normalized spacial score (nSPS) is 11.9. The molecule has 0 saturated heterocycles. The molecule has 0 unspecified atom stereocenters. The number of nitrogens with one attached hydrogen (secondary N) is 1. The minimum atomic E-state index is -0.571. The molecule has 1 N–H and O–H groups in total. The number of carbonyl (C=O) groups is 2. The fourth-order valence-electron chi connectivity index (χ4n) is 4.08. The van der Waals surface area contributed by atoms with Gasteiger partial charge in [0.1, 0.15) is 11.1 Å². The van der Waals surface area contributed by atoms with Gasteiger partial charge in [-0.15, -0.1) is 0 Å². The van der Waals surface area contributed by atoms with Crippen LogP contribution in [0.4, 0.5) is 4.79 Å². The largest absolute Gasteiger partial charge is 0.444 e. The standard InChI is InChI=1S/C31H35N3O4/c1-20-18-21(19-32-29(36)37-31(5,6)7)12-17-24(20)28(35)38-34-26-11-9-8-10-25(26)33-27(34)22-13-15-23(16-14-22)30(2,3)4/h8-18H,19H2,1-7H3,(H,32,36). The number of hydrogen-bond donors (Lipinski definition) is 1. The van der Waals surface area contributed by atoms with Crippen LogP contribution in [0.3, 0.4) is 0 Å². The third-order valence-corrected chi connectivity index (χ3v) is 6.05. The number of alkyl carbamates (subject to hydrolysis) is 1. The molecule has 0 spiro atoms. The first kappa shape index (κ1) is 26.9. The van der Waals surface area contributed by atoms with E-state index in [1.165, 1.54) is 10.3 Å². The van der Waals surface area contributed by atoms with Gasteiger partial charge >= 0.3 is 12.1 Å². The van der Waals surface area contributed by atoms with Crippen LogP contribution in [0.15, 0.2) is 66.7 Å². The molecule has 0 saturated carbocycles. The molecule has 0 bridgehead atoms. The molecule has 4 rings (SSSR count). The second-order valence-electron chi connectivity index (χ2n) is 11.4. The number of imidazole rings is 1. The fraction of sp³-hybridized carbons (Fsp3) is 0.323. The Morgan fingerprint density at radius 2 is 1.61 bits per heavy atom. The SMILES string of the molecule is Cc1cc(CNC(=O)OC(C)(C)C)ccc1C(=O)On1c(-c2ccc(C(C)(C)C)cc2)nc2ccccc21. The Bertz CT molecular complexity index is 1470. The van der Waals surface area contributed by atoms with E-state index in [1.54, 1.807) is 12.1 Å². The number of para-hydroxylation sites is 2. The Balaban J connectivity index is 1.58. The van der Waals surface area contributed by atoms with Gasteiger partial charge in [-0.05, 0) is 68.0 Å². The van der Waals surface area contributed by atoms with Gasteiger partial charge in [0.2, 0.25) is 0 Å². The summed E-state index contributed by atoms with van der Waals surface area (Å²) >= 11 is 0. The first-order valence-electron chi connectivity index (χ1n) is 12.7.